The molecule has 1 rings (SSSR count). The van der Waals surface area contributed by atoms with Crippen LogP contribution in [-0.4, -0.2) is 11.5 Å². The van der Waals surface area contributed by atoms with Crippen molar-refractivity contribution in [3.63, 3.8) is 0 Å². The van der Waals surface area contributed by atoms with E-state index < -0.39 is 0 Å². The second-order valence-corrected chi connectivity index (χ2v) is 21.2. The minimum atomic E-state index is 1.00. The van der Waals surface area contributed by atoms with E-state index in [0.717, 1.165) is 12.8 Å². The maximum absolute atomic E-state index is 4.23. The summed E-state index contributed by atoms with van der Waals surface area (Å²) in [6, 6.07) is 7.09. The third-order valence-electron chi connectivity index (χ3n) is 13.0. The summed E-state index contributed by atoms with van der Waals surface area (Å²) < 4.78 is 0. The van der Waals surface area contributed by atoms with Crippen LogP contribution in [0.25, 0.3) is 0 Å². The van der Waals surface area contributed by atoms with Crippen molar-refractivity contribution in [2.45, 2.75) is 319 Å². The summed E-state index contributed by atoms with van der Waals surface area (Å²) in [5.41, 5.74) is 1.59. The first kappa shape index (κ1) is 56.9. The average Bonchev–Trinajstić information content (AvgIpc) is 3.25. The number of rotatable bonds is 50. The standard InChI is InChI=1S/C57H107S2/c1-4-7-9-11-13-15-17-19-21-23-25-27-29-31-33-35-37-39-41-43-45-47-53-58-56-51-49-52-57(55(56)50-6-3)59-54-48-46-44-42-40-38-36-34-32-30-28-26-24-22-20-18-16-14-12-10-8-5-2/h49,51-52H,3-48,50,53-54H2,1-2H3. The lowest BCUT2D eigenvalue weighted by molar-refractivity contribution is 0.520. The van der Waals surface area contributed by atoms with Crippen molar-refractivity contribution in [3.8, 4) is 0 Å². The molecular formula is C57H107S2. The molecule has 0 unspecified atom stereocenters. The Morgan fingerprint density at radius 1 is 0.305 bits per heavy atom. The number of hydrogen-bond donors (Lipinski definition) is 0. The third-order valence-corrected chi connectivity index (χ3v) is 15.4. The van der Waals surface area contributed by atoms with Gasteiger partial charge in [-0.25, -0.2) is 0 Å². The smallest absolute Gasteiger partial charge is 0.0115 e. The largest absolute Gasteiger partial charge is 0.126 e. The maximum Gasteiger partial charge on any atom is 0.0115 e. The molecule has 1 aromatic carbocycles. The van der Waals surface area contributed by atoms with Gasteiger partial charge < -0.3 is 0 Å². The van der Waals surface area contributed by atoms with E-state index in [9.17, 15) is 0 Å². The third kappa shape index (κ3) is 40.4. The first-order valence-electron chi connectivity index (χ1n) is 27.5. The molecule has 59 heavy (non-hydrogen) atoms. The number of unbranched alkanes of at least 4 members (excludes halogenated alkanes) is 42. The first-order valence-corrected chi connectivity index (χ1v) is 29.5. The molecule has 2 heteroatoms. The molecular weight excluding hydrogens is 749 g/mol. The van der Waals surface area contributed by atoms with Crippen LogP contribution in [0.15, 0.2) is 28.0 Å². The van der Waals surface area contributed by atoms with Gasteiger partial charge in [0.2, 0.25) is 0 Å². The lowest BCUT2D eigenvalue weighted by atomic mass is 10.0. The highest BCUT2D eigenvalue weighted by molar-refractivity contribution is 8.00. The topological polar surface area (TPSA) is 0 Å². The van der Waals surface area contributed by atoms with Gasteiger partial charge in [0.25, 0.3) is 0 Å². The van der Waals surface area contributed by atoms with E-state index in [1.54, 1.807) is 5.56 Å². The summed E-state index contributed by atoms with van der Waals surface area (Å²) in [7, 11) is 0. The van der Waals surface area contributed by atoms with Crippen LogP contribution >= 0.6 is 23.5 Å². The summed E-state index contributed by atoms with van der Waals surface area (Å²) in [6.45, 7) is 8.86. The second-order valence-electron chi connectivity index (χ2n) is 18.9. The summed E-state index contributed by atoms with van der Waals surface area (Å²) in [6.07, 6.45) is 66.3. The molecule has 0 amide bonds. The van der Waals surface area contributed by atoms with E-state index in [2.05, 4.69) is 62.5 Å². The zero-order chi connectivity index (χ0) is 42.2. The van der Waals surface area contributed by atoms with E-state index in [1.165, 1.54) is 304 Å². The molecule has 0 heterocycles. The molecule has 0 bridgehead atoms. The van der Waals surface area contributed by atoms with Gasteiger partial charge in [0, 0.05) is 9.79 Å². The van der Waals surface area contributed by atoms with Gasteiger partial charge in [-0.1, -0.05) is 297 Å². The molecule has 0 aromatic heterocycles. The van der Waals surface area contributed by atoms with Gasteiger partial charge in [0.1, 0.15) is 0 Å². The molecule has 0 saturated carbocycles. The monoisotopic (exact) mass is 856 g/mol. The van der Waals surface area contributed by atoms with Crippen molar-refractivity contribution in [2.75, 3.05) is 11.5 Å². The highest BCUT2D eigenvalue weighted by atomic mass is 32.2. The molecule has 0 aliphatic heterocycles. The maximum atomic E-state index is 4.23. The SMILES string of the molecule is [CH2]CCc1c(SCCCCCCCCCCCCCCCCCCCCCCCC)cccc1SCCCCCCCCCCCCCCCCCCCCCCCC. The number of thioether (sulfide) groups is 2. The van der Waals surface area contributed by atoms with Crippen LogP contribution < -0.4 is 0 Å². The van der Waals surface area contributed by atoms with Gasteiger partial charge in [0.15, 0.2) is 0 Å². The minimum Gasteiger partial charge on any atom is -0.126 e. The van der Waals surface area contributed by atoms with Crippen LogP contribution in [0.3, 0.4) is 0 Å². The molecule has 1 aromatic rings. The van der Waals surface area contributed by atoms with Crippen molar-refractivity contribution in [1.82, 2.24) is 0 Å². The van der Waals surface area contributed by atoms with Gasteiger partial charge >= 0.3 is 0 Å². The Bertz CT molecular complexity index is 857. The summed E-state index contributed by atoms with van der Waals surface area (Å²) in [4.78, 5) is 3.08. The summed E-state index contributed by atoms with van der Waals surface area (Å²) in [5.74, 6) is 2.55. The van der Waals surface area contributed by atoms with Gasteiger partial charge in [0.05, 0.1) is 0 Å². The highest BCUT2D eigenvalue weighted by Gasteiger charge is 2.09. The Morgan fingerprint density at radius 2 is 0.508 bits per heavy atom. The highest BCUT2D eigenvalue weighted by Crippen LogP contribution is 2.34. The van der Waals surface area contributed by atoms with Crippen molar-refractivity contribution < 1.29 is 0 Å². The van der Waals surface area contributed by atoms with Gasteiger partial charge in [-0.3, -0.25) is 0 Å². The first-order chi connectivity index (χ1) is 29.3. The van der Waals surface area contributed by atoms with Crippen molar-refractivity contribution in [1.29, 1.82) is 0 Å². The molecule has 0 nitrogen and oxygen atoms in total. The predicted molar refractivity (Wildman–Crippen MR) is 276 cm³/mol. The Morgan fingerprint density at radius 3 is 0.712 bits per heavy atom. The molecule has 0 atom stereocenters. The molecule has 0 N–H and O–H groups in total. The van der Waals surface area contributed by atoms with Crippen LogP contribution in [0.1, 0.15) is 308 Å². The molecule has 0 aliphatic carbocycles. The fourth-order valence-corrected chi connectivity index (χ4v) is 11.3. The van der Waals surface area contributed by atoms with E-state index in [1.807, 2.05) is 0 Å². The Kier molecular flexibility index (Phi) is 47.2. The van der Waals surface area contributed by atoms with Crippen molar-refractivity contribution in [3.05, 3.63) is 30.7 Å². The predicted octanol–water partition coefficient (Wildman–Crippen LogP) is 21.8. The van der Waals surface area contributed by atoms with Crippen molar-refractivity contribution >= 4 is 23.5 Å². The Labute approximate surface area is 382 Å². The van der Waals surface area contributed by atoms with E-state index in [-0.39, 0.29) is 0 Å². The van der Waals surface area contributed by atoms with Crippen LogP contribution in [-0.2, 0) is 6.42 Å². The number of benzene rings is 1. The summed E-state index contributed by atoms with van der Waals surface area (Å²) >= 11 is 4.24. The average molecular weight is 857 g/mol. The molecule has 1 radical (unpaired) electrons. The van der Waals surface area contributed by atoms with Crippen molar-refractivity contribution in [2.24, 2.45) is 0 Å². The molecule has 0 saturated heterocycles. The second kappa shape index (κ2) is 48.9. The Hall–Kier alpha value is -0.0800. The van der Waals surface area contributed by atoms with Gasteiger partial charge in [-0.15, -0.1) is 23.5 Å². The number of hydrogen-bond acceptors (Lipinski definition) is 2. The van der Waals surface area contributed by atoms with Crippen LogP contribution in [0, 0.1) is 6.92 Å². The minimum absolute atomic E-state index is 1.00. The van der Waals surface area contributed by atoms with Gasteiger partial charge in [-0.05, 0) is 54.9 Å². The fraction of sp³-hybridized carbons (Fsp3) is 0.877. The van der Waals surface area contributed by atoms with Crippen LogP contribution in [0.5, 0.6) is 0 Å². The van der Waals surface area contributed by atoms with Gasteiger partial charge in [-0.2, -0.15) is 0 Å². The lowest BCUT2D eigenvalue weighted by Gasteiger charge is -2.14. The van der Waals surface area contributed by atoms with Crippen LogP contribution in [0.4, 0.5) is 0 Å². The fourth-order valence-electron chi connectivity index (χ4n) is 9.03. The zero-order valence-corrected chi connectivity index (χ0v) is 42.3. The molecule has 0 spiro atoms. The molecule has 347 valence electrons. The van der Waals surface area contributed by atoms with Crippen LogP contribution in [0.2, 0.25) is 0 Å². The quantitative estimate of drug-likeness (QED) is 0.0473. The normalized spacial score (nSPS) is 11.6. The molecule has 0 aliphatic rings. The summed E-state index contributed by atoms with van der Waals surface area (Å²) in [5, 5.41) is 0. The van der Waals surface area contributed by atoms with E-state index >= 15 is 0 Å². The van der Waals surface area contributed by atoms with E-state index in [4.69, 9.17) is 0 Å². The van der Waals surface area contributed by atoms with E-state index in [0.29, 0.717) is 0 Å². The zero-order valence-electron chi connectivity index (χ0n) is 40.7. The molecule has 0 fully saturated rings. The lowest BCUT2D eigenvalue weighted by Crippen LogP contribution is -1.94. The Balaban J connectivity index is 1.91.